The normalized spacial score (nSPS) is 24.8. The molecule has 2 aliphatic carbocycles. The first-order valence-corrected chi connectivity index (χ1v) is 9.96. The third-order valence-corrected chi connectivity index (χ3v) is 6.43. The molecular weight excluding hydrogens is 368 g/mol. The summed E-state index contributed by atoms with van der Waals surface area (Å²) in [6.45, 7) is 0.757. The number of benzene rings is 1. The van der Waals surface area contributed by atoms with Gasteiger partial charge in [-0.1, -0.05) is 12.8 Å². The molecular formula is C19H25BrN2O2. The Hall–Kier alpha value is -1.07. The number of carbonyl (C=O) groups excluding carboxylic acids is 1. The summed E-state index contributed by atoms with van der Waals surface area (Å²) in [6.07, 6.45) is 10.1. The highest BCUT2D eigenvalue weighted by molar-refractivity contribution is 9.10. The predicted octanol–water partition coefficient (Wildman–Crippen LogP) is 4.55. The molecule has 0 aromatic heterocycles. The fourth-order valence-electron chi connectivity index (χ4n) is 4.55. The molecule has 1 aliphatic heterocycles. The number of anilines is 1. The van der Waals surface area contributed by atoms with Crippen LogP contribution in [0.3, 0.4) is 0 Å². The van der Waals surface area contributed by atoms with Crippen LogP contribution < -0.4 is 10.6 Å². The van der Waals surface area contributed by atoms with Crippen LogP contribution >= 0.6 is 15.9 Å². The molecule has 130 valence electrons. The van der Waals surface area contributed by atoms with Crippen LogP contribution in [-0.2, 0) is 17.6 Å². The number of urea groups is 1. The number of rotatable bonds is 2. The molecule has 1 saturated carbocycles. The number of ether oxygens (including phenoxy) is 1. The zero-order chi connectivity index (χ0) is 16.6. The van der Waals surface area contributed by atoms with Crippen LogP contribution in [0.15, 0.2) is 16.6 Å². The zero-order valence-electron chi connectivity index (χ0n) is 14.0. The maximum atomic E-state index is 12.5. The first-order chi connectivity index (χ1) is 11.6. The smallest absolute Gasteiger partial charge is 0.319 e. The van der Waals surface area contributed by atoms with Gasteiger partial charge >= 0.3 is 6.03 Å². The van der Waals surface area contributed by atoms with Crippen molar-refractivity contribution in [2.75, 3.05) is 11.9 Å². The quantitative estimate of drug-likeness (QED) is 0.775. The summed E-state index contributed by atoms with van der Waals surface area (Å²) < 4.78 is 7.02. The minimum absolute atomic E-state index is 0.0321. The van der Waals surface area contributed by atoms with E-state index in [0.717, 1.165) is 55.3 Å². The van der Waals surface area contributed by atoms with Gasteiger partial charge in [-0.25, -0.2) is 4.79 Å². The number of carbonyl (C=O) groups is 1. The lowest BCUT2D eigenvalue weighted by Crippen LogP contribution is -2.48. The Bertz CT molecular complexity index is 640. The Kier molecular flexibility index (Phi) is 4.56. The average Bonchev–Trinajstić information content (AvgIpc) is 3.17. The molecule has 24 heavy (non-hydrogen) atoms. The third-order valence-electron chi connectivity index (χ3n) is 5.77. The van der Waals surface area contributed by atoms with Crippen LogP contribution in [0, 0.1) is 0 Å². The van der Waals surface area contributed by atoms with Gasteiger partial charge in [-0.2, -0.15) is 0 Å². The van der Waals surface area contributed by atoms with Crippen LogP contribution in [0.2, 0.25) is 0 Å². The van der Waals surface area contributed by atoms with Gasteiger partial charge in [0.15, 0.2) is 0 Å². The average molecular weight is 393 g/mol. The van der Waals surface area contributed by atoms with Crippen molar-refractivity contribution in [1.82, 2.24) is 5.32 Å². The highest BCUT2D eigenvalue weighted by Crippen LogP contribution is 2.40. The lowest BCUT2D eigenvalue weighted by Gasteiger charge is -2.38. The summed E-state index contributed by atoms with van der Waals surface area (Å²) in [5.74, 6) is 0. The fourth-order valence-corrected chi connectivity index (χ4v) is 5.04. The molecule has 5 heteroatoms. The molecule has 1 spiro atoms. The minimum Gasteiger partial charge on any atom is -0.375 e. The van der Waals surface area contributed by atoms with Crippen molar-refractivity contribution >= 4 is 27.6 Å². The van der Waals surface area contributed by atoms with Gasteiger partial charge in [0.2, 0.25) is 0 Å². The van der Waals surface area contributed by atoms with Crippen LogP contribution in [0.5, 0.6) is 0 Å². The van der Waals surface area contributed by atoms with Gasteiger partial charge in [0.1, 0.15) is 0 Å². The molecule has 0 bridgehead atoms. The van der Waals surface area contributed by atoms with E-state index in [4.69, 9.17) is 4.74 Å². The monoisotopic (exact) mass is 392 g/mol. The molecule has 2 N–H and O–H groups in total. The Labute approximate surface area is 151 Å². The lowest BCUT2D eigenvalue weighted by atomic mass is 9.89. The zero-order valence-corrected chi connectivity index (χ0v) is 15.6. The molecule has 4 rings (SSSR count). The van der Waals surface area contributed by atoms with Crippen molar-refractivity contribution in [3.05, 3.63) is 27.7 Å². The molecule has 2 amide bonds. The number of fused-ring (bicyclic) bond motifs is 1. The fraction of sp³-hybridized carbons (Fsp3) is 0.632. The number of nitrogens with one attached hydrogen (secondary N) is 2. The maximum absolute atomic E-state index is 12.5. The predicted molar refractivity (Wildman–Crippen MR) is 98.5 cm³/mol. The Morgan fingerprint density at radius 1 is 1.17 bits per heavy atom. The van der Waals surface area contributed by atoms with E-state index in [9.17, 15) is 4.79 Å². The lowest BCUT2D eigenvalue weighted by molar-refractivity contribution is -0.0818. The third kappa shape index (κ3) is 3.33. The van der Waals surface area contributed by atoms with Crippen LogP contribution in [0.1, 0.15) is 56.1 Å². The summed E-state index contributed by atoms with van der Waals surface area (Å²) in [4.78, 5) is 12.5. The van der Waals surface area contributed by atoms with E-state index >= 15 is 0 Å². The van der Waals surface area contributed by atoms with Crippen molar-refractivity contribution in [2.24, 2.45) is 0 Å². The topological polar surface area (TPSA) is 50.4 Å². The van der Waals surface area contributed by atoms with Crippen molar-refractivity contribution in [3.8, 4) is 0 Å². The van der Waals surface area contributed by atoms with E-state index in [0.29, 0.717) is 0 Å². The Balaban J connectivity index is 1.38. The number of hydrogen-bond acceptors (Lipinski definition) is 2. The summed E-state index contributed by atoms with van der Waals surface area (Å²) in [7, 11) is 0. The van der Waals surface area contributed by atoms with E-state index in [1.54, 1.807) is 0 Å². The summed E-state index contributed by atoms with van der Waals surface area (Å²) in [5, 5.41) is 6.19. The van der Waals surface area contributed by atoms with Gasteiger partial charge in [-0.15, -0.1) is 0 Å². The number of hydrogen-bond donors (Lipinski definition) is 2. The van der Waals surface area contributed by atoms with Gasteiger partial charge in [0.05, 0.1) is 11.3 Å². The summed E-state index contributed by atoms with van der Waals surface area (Å²) >= 11 is 3.59. The molecule has 1 unspecified atom stereocenters. The summed E-state index contributed by atoms with van der Waals surface area (Å²) in [6, 6.07) is 4.38. The molecule has 1 saturated heterocycles. The van der Waals surface area contributed by atoms with Crippen molar-refractivity contribution in [2.45, 2.75) is 69.4 Å². The molecule has 4 nitrogen and oxygen atoms in total. The SMILES string of the molecule is O=C(Nc1cc2c(cc1Br)CCC2)NC1CCOC2(CCCC2)C1. The molecule has 1 heterocycles. The van der Waals surface area contributed by atoms with E-state index < -0.39 is 0 Å². The molecule has 1 aromatic rings. The van der Waals surface area contributed by atoms with Gasteiger partial charge in [-0.05, 0) is 84.1 Å². The first-order valence-electron chi connectivity index (χ1n) is 9.16. The van der Waals surface area contributed by atoms with E-state index in [2.05, 4.69) is 38.7 Å². The van der Waals surface area contributed by atoms with Gasteiger partial charge in [0, 0.05) is 17.1 Å². The second-order valence-corrected chi connectivity index (χ2v) is 8.34. The number of amides is 2. The van der Waals surface area contributed by atoms with Gasteiger partial charge in [0.25, 0.3) is 0 Å². The van der Waals surface area contributed by atoms with Gasteiger partial charge < -0.3 is 15.4 Å². The van der Waals surface area contributed by atoms with Crippen LogP contribution in [-0.4, -0.2) is 24.3 Å². The largest absolute Gasteiger partial charge is 0.375 e. The van der Waals surface area contributed by atoms with Crippen molar-refractivity contribution in [1.29, 1.82) is 0 Å². The van der Waals surface area contributed by atoms with Crippen LogP contribution in [0.25, 0.3) is 0 Å². The standard InChI is InChI=1S/C19H25BrN2O2/c20-16-10-13-4-3-5-14(13)11-17(16)22-18(23)21-15-6-9-24-19(12-15)7-1-2-8-19/h10-11,15H,1-9,12H2,(H2,21,22,23). The minimum atomic E-state index is -0.103. The highest BCUT2D eigenvalue weighted by atomic mass is 79.9. The van der Waals surface area contributed by atoms with Gasteiger partial charge in [-0.3, -0.25) is 0 Å². The highest BCUT2D eigenvalue weighted by Gasteiger charge is 2.40. The van der Waals surface area contributed by atoms with E-state index in [1.807, 2.05) is 0 Å². The molecule has 2 fully saturated rings. The molecule has 0 radical (unpaired) electrons. The van der Waals surface area contributed by atoms with Crippen molar-refractivity contribution < 1.29 is 9.53 Å². The number of aryl methyl sites for hydroxylation is 2. The summed E-state index contributed by atoms with van der Waals surface area (Å²) in [5.41, 5.74) is 3.67. The van der Waals surface area contributed by atoms with Crippen LogP contribution in [0.4, 0.5) is 10.5 Å². The number of halogens is 1. The first kappa shape index (κ1) is 16.4. The molecule has 1 atom stereocenters. The van der Waals surface area contributed by atoms with E-state index in [1.165, 1.54) is 30.4 Å². The maximum Gasteiger partial charge on any atom is 0.319 e. The second-order valence-electron chi connectivity index (χ2n) is 7.48. The molecule has 1 aromatic carbocycles. The Morgan fingerprint density at radius 2 is 1.92 bits per heavy atom. The van der Waals surface area contributed by atoms with E-state index in [-0.39, 0.29) is 17.7 Å². The molecule has 3 aliphatic rings. The Morgan fingerprint density at radius 3 is 2.71 bits per heavy atom. The second kappa shape index (κ2) is 6.68. The van der Waals surface area contributed by atoms with Crippen molar-refractivity contribution in [3.63, 3.8) is 0 Å².